The second-order valence-electron chi connectivity index (χ2n) is 7.00. The van der Waals surface area contributed by atoms with Crippen molar-refractivity contribution in [3.63, 3.8) is 0 Å². The molecule has 1 N–H and O–H groups in total. The minimum atomic E-state index is -3.46. The monoisotopic (exact) mass is 414 g/mol. The van der Waals surface area contributed by atoms with Gasteiger partial charge in [-0.2, -0.15) is 4.31 Å². The first-order valence-electron chi connectivity index (χ1n) is 9.36. The van der Waals surface area contributed by atoms with Crippen molar-refractivity contribution in [3.8, 4) is 0 Å². The van der Waals surface area contributed by atoms with Crippen molar-refractivity contribution in [2.45, 2.75) is 31.1 Å². The Morgan fingerprint density at radius 2 is 1.68 bits per heavy atom. The van der Waals surface area contributed by atoms with Crippen molar-refractivity contribution in [2.24, 2.45) is 0 Å². The van der Waals surface area contributed by atoms with Gasteiger partial charge >= 0.3 is 0 Å². The molecular formula is C21H22N2O3S2. The van der Waals surface area contributed by atoms with Gasteiger partial charge in [0.05, 0.1) is 9.77 Å². The highest BCUT2D eigenvalue weighted by Gasteiger charge is 2.25. The predicted octanol–water partition coefficient (Wildman–Crippen LogP) is 4.64. The molecule has 1 fully saturated rings. The van der Waals surface area contributed by atoms with Crippen LogP contribution in [0.1, 0.15) is 34.5 Å². The number of carbonyl (C=O) groups excluding carboxylic acids is 1. The van der Waals surface area contributed by atoms with E-state index in [9.17, 15) is 13.2 Å². The molecule has 0 atom stereocenters. The number of amides is 1. The van der Waals surface area contributed by atoms with Crippen LogP contribution in [0.4, 0.5) is 5.69 Å². The Kier molecular flexibility index (Phi) is 5.23. The Balaban J connectivity index is 1.52. The van der Waals surface area contributed by atoms with Gasteiger partial charge in [-0.05, 0) is 61.0 Å². The molecule has 0 unspecified atom stereocenters. The van der Waals surface area contributed by atoms with Crippen LogP contribution in [-0.2, 0) is 10.0 Å². The Bertz CT molecular complexity index is 1110. The molecule has 1 amide bonds. The molecule has 2 heterocycles. The second-order valence-corrected chi connectivity index (χ2v) is 9.99. The summed E-state index contributed by atoms with van der Waals surface area (Å²) in [5.74, 6) is -0.176. The lowest BCUT2D eigenvalue weighted by molar-refractivity contribution is 0.103. The minimum absolute atomic E-state index is 0.176. The van der Waals surface area contributed by atoms with E-state index in [0.717, 1.165) is 34.9 Å². The topological polar surface area (TPSA) is 66.5 Å². The van der Waals surface area contributed by atoms with Gasteiger partial charge in [0.1, 0.15) is 0 Å². The number of fused-ring (bicyclic) bond motifs is 1. The Morgan fingerprint density at radius 1 is 1.00 bits per heavy atom. The summed E-state index contributed by atoms with van der Waals surface area (Å²) in [5, 5.41) is 3.97. The van der Waals surface area contributed by atoms with Gasteiger partial charge in [0.15, 0.2) is 0 Å². The molecule has 0 spiro atoms. The number of rotatable bonds is 4. The third kappa shape index (κ3) is 3.57. The van der Waals surface area contributed by atoms with Gasteiger partial charge in [0.25, 0.3) is 5.91 Å². The Hall–Kier alpha value is -2.22. The molecule has 1 saturated heterocycles. The van der Waals surface area contributed by atoms with Crippen LogP contribution in [0.3, 0.4) is 0 Å². The van der Waals surface area contributed by atoms with Gasteiger partial charge in [-0.15, -0.1) is 11.3 Å². The minimum Gasteiger partial charge on any atom is -0.321 e. The summed E-state index contributed by atoms with van der Waals surface area (Å²) in [6, 6.07) is 14.4. The van der Waals surface area contributed by atoms with E-state index in [2.05, 4.69) is 5.32 Å². The number of sulfonamides is 1. The normalized spacial score (nSPS) is 15.6. The zero-order chi connectivity index (χ0) is 19.7. The van der Waals surface area contributed by atoms with E-state index >= 15 is 0 Å². The van der Waals surface area contributed by atoms with Crippen molar-refractivity contribution in [1.82, 2.24) is 4.31 Å². The SMILES string of the molecule is Cc1c(C(=O)Nc2ccc(S(=O)(=O)N3CCCCC3)cc2)sc2ccccc12. The maximum Gasteiger partial charge on any atom is 0.266 e. The van der Waals surface area contributed by atoms with Crippen LogP contribution >= 0.6 is 11.3 Å². The fourth-order valence-corrected chi connectivity index (χ4v) is 6.16. The van der Waals surface area contributed by atoms with E-state index in [1.54, 1.807) is 28.6 Å². The first kappa shape index (κ1) is 19.1. The molecule has 2 aromatic carbocycles. The standard InChI is InChI=1S/C21H22N2O3S2/c1-15-18-7-3-4-8-19(18)27-20(15)21(24)22-16-9-11-17(12-10-16)28(25,26)23-13-5-2-6-14-23/h3-4,7-12H,2,5-6,13-14H2,1H3,(H,22,24). The molecule has 3 aromatic rings. The van der Waals surface area contributed by atoms with E-state index in [1.807, 2.05) is 31.2 Å². The number of benzene rings is 2. The fraction of sp³-hybridized carbons (Fsp3) is 0.286. The average molecular weight is 415 g/mol. The van der Waals surface area contributed by atoms with Gasteiger partial charge in [0.2, 0.25) is 10.0 Å². The number of anilines is 1. The van der Waals surface area contributed by atoms with Crippen molar-refractivity contribution in [1.29, 1.82) is 0 Å². The van der Waals surface area contributed by atoms with Crippen molar-refractivity contribution in [2.75, 3.05) is 18.4 Å². The van der Waals surface area contributed by atoms with Crippen LogP contribution < -0.4 is 5.32 Å². The molecule has 146 valence electrons. The highest BCUT2D eigenvalue weighted by Crippen LogP contribution is 2.31. The Morgan fingerprint density at radius 3 is 2.36 bits per heavy atom. The lowest BCUT2D eigenvalue weighted by atomic mass is 10.1. The molecule has 0 radical (unpaired) electrons. The smallest absolute Gasteiger partial charge is 0.266 e. The summed E-state index contributed by atoms with van der Waals surface area (Å²) in [4.78, 5) is 13.6. The van der Waals surface area contributed by atoms with Crippen molar-refractivity contribution in [3.05, 3.63) is 59.0 Å². The average Bonchev–Trinajstić information content (AvgIpc) is 3.06. The number of nitrogens with zero attached hydrogens (tertiary/aromatic N) is 1. The van der Waals surface area contributed by atoms with Crippen LogP contribution in [0.5, 0.6) is 0 Å². The van der Waals surface area contributed by atoms with Gasteiger partial charge in [0, 0.05) is 23.5 Å². The first-order chi connectivity index (χ1) is 13.5. The fourth-order valence-electron chi connectivity index (χ4n) is 3.54. The largest absolute Gasteiger partial charge is 0.321 e. The van der Waals surface area contributed by atoms with Crippen LogP contribution in [0, 0.1) is 6.92 Å². The summed E-state index contributed by atoms with van der Waals surface area (Å²) in [6.45, 7) is 3.10. The van der Waals surface area contributed by atoms with Gasteiger partial charge < -0.3 is 5.32 Å². The zero-order valence-electron chi connectivity index (χ0n) is 15.6. The van der Waals surface area contributed by atoms with Crippen molar-refractivity contribution < 1.29 is 13.2 Å². The van der Waals surface area contributed by atoms with E-state index < -0.39 is 10.0 Å². The van der Waals surface area contributed by atoms with Crippen LogP contribution in [0.15, 0.2) is 53.4 Å². The van der Waals surface area contributed by atoms with E-state index in [1.165, 1.54) is 11.3 Å². The molecule has 1 aliphatic heterocycles. The quantitative estimate of drug-likeness (QED) is 0.676. The number of nitrogens with one attached hydrogen (secondary N) is 1. The maximum absolute atomic E-state index is 12.7. The summed E-state index contributed by atoms with van der Waals surface area (Å²) in [6.07, 6.45) is 2.89. The summed E-state index contributed by atoms with van der Waals surface area (Å²) in [5.41, 5.74) is 1.54. The number of hydrogen-bond donors (Lipinski definition) is 1. The van der Waals surface area contributed by atoms with E-state index in [4.69, 9.17) is 0 Å². The molecule has 1 aromatic heterocycles. The molecular weight excluding hydrogens is 392 g/mol. The number of piperidine rings is 1. The highest BCUT2D eigenvalue weighted by molar-refractivity contribution is 7.89. The van der Waals surface area contributed by atoms with E-state index in [0.29, 0.717) is 23.7 Å². The number of carbonyl (C=O) groups is 1. The first-order valence-corrected chi connectivity index (χ1v) is 11.6. The van der Waals surface area contributed by atoms with Gasteiger partial charge in [-0.25, -0.2) is 8.42 Å². The van der Waals surface area contributed by atoms with E-state index in [-0.39, 0.29) is 10.8 Å². The molecule has 5 nitrogen and oxygen atoms in total. The lowest BCUT2D eigenvalue weighted by Gasteiger charge is -2.25. The second kappa shape index (κ2) is 7.66. The van der Waals surface area contributed by atoms with Crippen LogP contribution in [0.25, 0.3) is 10.1 Å². The molecule has 0 saturated carbocycles. The molecule has 0 aliphatic carbocycles. The van der Waals surface area contributed by atoms with Crippen molar-refractivity contribution >= 4 is 43.0 Å². The summed E-state index contributed by atoms with van der Waals surface area (Å²) >= 11 is 1.46. The third-order valence-electron chi connectivity index (χ3n) is 5.11. The summed E-state index contributed by atoms with van der Waals surface area (Å²) in [7, 11) is -3.46. The summed E-state index contributed by atoms with van der Waals surface area (Å²) < 4.78 is 28.1. The Labute approximate surface area is 169 Å². The zero-order valence-corrected chi connectivity index (χ0v) is 17.3. The molecule has 28 heavy (non-hydrogen) atoms. The highest BCUT2D eigenvalue weighted by atomic mass is 32.2. The number of thiophene rings is 1. The maximum atomic E-state index is 12.7. The molecule has 1 aliphatic rings. The molecule has 0 bridgehead atoms. The van der Waals surface area contributed by atoms with Gasteiger partial charge in [-0.1, -0.05) is 24.6 Å². The van der Waals surface area contributed by atoms with Crippen LogP contribution in [-0.4, -0.2) is 31.7 Å². The van der Waals surface area contributed by atoms with Crippen LogP contribution in [0.2, 0.25) is 0 Å². The number of aryl methyl sites for hydroxylation is 1. The lowest BCUT2D eigenvalue weighted by Crippen LogP contribution is -2.35. The third-order valence-corrected chi connectivity index (χ3v) is 8.30. The van der Waals surface area contributed by atoms with Gasteiger partial charge in [-0.3, -0.25) is 4.79 Å². The number of hydrogen-bond acceptors (Lipinski definition) is 4. The molecule has 7 heteroatoms. The predicted molar refractivity (Wildman–Crippen MR) is 114 cm³/mol. The molecule has 4 rings (SSSR count).